The molecule has 0 fully saturated rings. The van der Waals surface area contributed by atoms with E-state index in [4.69, 9.17) is 13.0 Å². The second-order valence-corrected chi connectivity index (χ2v) is 2.39. The molecule has 0 saturated carbocycles. The van der Waals surface area contributed by atoms with Crippen LogP contribution in [0.4, 0.5) is 0 Å². The molecule has 44 valence electrons. The Labute approximate surface area is 60.2 Å². The molecule has 0 aliphatic heterocycles. The molecule has 0 aliphatic carbocycles. The lowest BCUT2D eigenvalue weighted by Gasteiger charge is -1.93. The van der Waals surface area contributed by atoms with E-state index >= 15 is 0 Å². The minimum atomic E-state index is 0.771. The monoisotopic (exact) mass is 135 g/mol. The third kappa shape index (κ3) is 1.77. The van der Waals surface area contributed by atoms with Gasteiger partial charge in [0.2, 0.25) is 0 Å². The van der Waals surface area contributed by atoms with Gasteiger partial charge in [0.15, 0.2) is 0 Å². The standard InChI is InChI=1S/C6H6BNS/c7-5-1-3-6(9-8)4-2-5/h1-4H,8H2. The van der Waals surface area contributed by atoms with Crippen molar-refractivity contribution in [3.05, 3.63) is 24.3 Å². The summed E-state index contributed by atoms with van der Waals surface area (Å²) in [5.41, 5.74) is 0.771. The lowest BCUT2D eigenvalue weighted by Crippen LogP contribution is -1.99. The average molecular weight is 135 g/mol. The van der Waals surface area contributed by atoms with Gasteiger partial charge in [0.1, 0.15) is 7.85 Å². The maximum atomic E-state index is 5.43. The van der Waals surface area contributed by atoms with Gasteiger partial charge in [-0.15, -0.1) is 0 Å². The number of benzene rings is 1. The molecule has 3 heteroatoms. The smallest absolute Gasteiger partial charge is 0.113 e. The van der Waals surface area contributed by atoms with Crippen LogP contribution in [0.3, 0.4) is 0 Å². The van der Waals surface area contributed by atoms with Gasteiger partial charge in [-0.2, -0.15) is 0 Å². The maximum absolute atomic E-state index is 5.43. The first-order valence-corrected chi connectivity index (χ1v) is 3.43. The molecule has 0 atom stereocenters. The lowest BCUT2D eigenvalue weighted by atomic mass is 9.97. The van der Waals surface area contributed by atoms with Gasteiger partial charge in [0, 0.05) is 4.90 Å². The summed E-state index contributed by atoms with van der Waals surface area (Å²) in [6.07, 6.45) is 0. The fraction of sp³-hybridized carbons (Fsp3) is 0. The van der Waals surface area contributed by atoms with Gasteiger partial charge in [-0.3, -0.25) is 5.14 Å². The van der Waals surface area contributed by atoms with Crippen molar-refractivity contribution in [2.45, 2.75) is 4.90 Å². The van der Waals surface area contributed by atoms with Crippen molar-refractivity contribution >= 4 is 25.3 Å². The van der Waals surface area contributed by atoms with Gasteiger partial charge in [0.25, 0.3) is 0 Å². The van der Waals surface area contributed by atoms with Crippen LogP contribution >= 0.6 is 11.9 Å². The van der Waals surface area contributed by atoms with E-state index in [-0.39, 0.29) is 0 Å². The first-order chi connectivity index (χ1) is 4.33. The molecule has 0 aliphatic rings. The van der Waals surface area contributed by atoms with Crippen LogP contribution in [0.25, 0.3) is 0 Å². The first kappa shape index (κ1) is 6.71. The van der Waals surface area contributed by atoms with Crippen molar-refractivity contribution in [2.24, 2.45) is 5.14 Å². The molecule has 1 rings (SSSR count). The van der Waals surface area contributed by atoms with Crippen molar-refractivity contribution in [1.82, 2.24) is 0 Å². The molecule has 2 N–H and O–H groups in total. The Hall–Kier alpha value is -0.405. The van der Waals surface area contributed by atoms with E-state index in [2.05, 4.69) is 0 Å². The van der Waals surface area contributed by atoms with Crippen LogP contribution in [0.15, 0.2) is 29.2 Å². The van der Waals surface area contributed by atoms with Crippen molar-refractivity contribution < 1.29 is 0 Å². The molecule has 1 aromatic rings. The fourth-order valence-electron chi connectivity index (χ4n) is 0.546. The zero-order chi connectivity index (χ0) is 6.69. The summed E-state index contributed by atoms with van der Waals surface area (Å²) >= 11 is 1.22. The fourth-order valence-corrected chi connectivity index (χ4v) is 0.840. The number of hydrogen-bond donors (Lipinski definition) is 1. The zero-order valence-corrected chi connectivity index (χ0v) is 5.69. The van der Waals surface area contributed by atoms with E-state index in [0.717, 1.165) is 10.4 Å². The first-order valence-electron chi connectivity index (χ1n) is 2.55. The highest BCUT2D eigenvalue weighted by molar-refractivity contribution is 7.97. The molecular formula is C6H6BNS. The summed E-state index contributed by atoms with van der Waals surface area (Å²) in [6, 6.07) is 7.43. The predicted molar refractivity (Wildman–Crippen MR) is 41.9 cm³/mol. The largest absolute Gasteiger partial charge is 0.274 e. The van der Waals surface area contributed by atoms with Crippen LogP contribution in [0, 0.1) is 0 Å². The van der Waals surface area contributed by atoms with Crippen molar-refractivity contribution in [2.75, 3.05) is 0 Å². The van der Waals surface area contributed by atoms with Gasteiger partial charge in [-0.25, -0.2) is 0 Å². The molecule has 0 saturated heterocycles. The highest BCUT2D eigenvalue weighted by Crippen LogP contribution is 2.07. The Morgan fingerprint density at radius 1 is 1.22 bits per heavy atom. The predicted octanol–water partition coefficient (Wildman–Crippen LogP) is 0.446. The molecule has 0 spiro atoms. The molecule has 9 heavy (non-hydrogen) atoms. The van der Waals surface area contributed by atoms with E-state index in [1.807, 2.05) is 24.3 Å². The van der Waals surface area contributed by atoms with E-state index in [9.17, 15) is 0 Å². The normalized spacial score (nSPS) is 9.44. The number of nitrogens with two attached hydrogens (primary N) is 1. The van der Waals surface area contributed by atoms with Gasteiger partial charge in [-0.1, -0.05) is 17.6 Å². The van der Waals surface area contributed by atoms with E-state index in [1.54, 1.807) is 0 Å². The Balaban J connectivity index is 2.88. The molecule has 0 unspecified atom stereocenters. The Kier molecular flexibility index (Phi) is 2.19. The molecule has 2 radical (unpaired) electrons. The summed E-state index contributed by atoms with van der Waals surface area (Å²) in [7, 11) is 5.43. The topological polar surface area (TPSA) is 26.0 Å². The van der Waals surface area contributed by atoms with Crippen LogP contribution in [-0.4, -0.2) is 7.85 Å². The maximum Gasteiger partial charge on any atom is 0.113 e. The second kappa shape index (κ2) is 2.94. The molecule has 0 aromatic heterocycles. The quantitative estimate of drug-likeness (QED) is 0.446. The van der Waals surface area contributed by atoms with Crippen LogP contribution in [-0.2, 0) is 0 Å². The molecule has 1 nitrogen and oxygen atoms in total. The minimum absolute atomic E-state index is 0.771. The average Bonchev–Trinajstić information content (AvgIpc) is 1.90. The van der Waals surface area contributed by atoms with Gasteiger partial charge < -0.3 is 0 Å². The molecule has 0 heterocycles. The summed E-state index contributed by atoms with van der Waals surface area (Å²) in [4.78, 5) is 1.03. The summed E-state index contributed by atoms with van der Waals surface area (Å²) in [5, 5.41) is 5.28. The molecular weight excluding hydrogens is 129 g/mol. The lowest BCUT2D eigenvalue weighted by molar-refractivity contribution is 1.48. The van der Waals surface area contributed by atoms with Crippen molar-refractivity contribution in [3.63, 3.8) is 0 Å². The van der Waals surface area contributed by atoms with Crippen LogP contribution in [0.5, 0.6) is 0 Å². The van der Waals surface area contributed by atoms with Crippen molar-refractivity contribution in [1.29, 1.82) is 0 Å². The zero-order valence-electron chi connectivity index (χ0n) is 4.87. The Morgan fingerprint density at radius 3 is 2.22 bits per heavy atom. The Bertz CT molecular complexity index is 185. The van der Waals surface area contributed by atoms with Crippen LogP contribution in [0.2, 0.25) is 0 Å². The van der Waals surface area contributed by atoms with E-state index in [0.29, 0.717) is 0 Å². The second-order valence-electron chi connectivity index (χ2n) is 1.69. The summed E-state index contributed by atoms with van der Waals surface area (Å²) in [5.74, 6) is 0. The summed E-state index contributed by atoms with van der Waals surface area (Å²) in [6.45, 7) is 0. The van der Waals surface area contributed by atoms with Gasteiger partial charge >= 0.3 is 0 Å². The van der Waals surface area contributed by atoms with Gasteiger partial charge in [0.05, 0.1) is 0 Å². The van der Waals surface area contributed by atoms with Gasteiger partial charge in [-0.05, 0) is 24.1 Å². The van der Waals surface area contributed by atoms with Crippen LogP contribution in [0.1, 0.15) is 0 Å². The SMILES string of the molecule is [B]c1ccc(SN)cc1. The van der Waals surface area contributed by atoms with E-state index in [1.165, 1.54) is 11.9 Å². The molecule has 1 aromatic carbocycles. The number of hydrogen-bond acceptors (Lipinski definition) is 2. The highest BCUT2D eigenvalue weighted by Gasteiger charge is 1.85. The Morgan fingerprint density at radius 2 is 1.78 bits per heavy atom. The third-order valence-electron chi connectivity index (χ3n) is 1.02. The highest BCUT2D eigenvalue weighted by atomic mass is 32.2. The van der Waals surface area contributed by atoms with Crippen molar-refractivity contribution in [3.8, 4) is 0 Å². The molecule has 0 bridgehead atoms. The number of rotatable bonds is 1. The molecule has 0 amide bonds. The van der Waals surface area contributed by atoms with E-state index < -0.39 is 0 Å². The van der Waals surface area contributed by atoms with Crippen LogP contribution < -0.4 is 10.6 Å². The third-order valence-corrected chi connectivity index (χ3v) is 1.56. The summed E-state index contributed by atoms with van der Waals surface area (Å²) < 4.78 is 0. The minimum Gasteiger partial charge on any atom is -0.274 e.